The summed E-state index contributed by atoms with van der Waals surface area (Å²) in [4.78, 5) is 4.50. The van der Waals surface area contributed by atoms with Crippen molar-refractivity contribution in [2.75, 3.05) is 0 Å². The first-order valence-electron chi connectivity index (χ1n) is 6.30. The Morgan fingerprint density at radius 1 is 1.38 bits per heavy atom. The molecule has 2 unspecified atom stereocenters. The van der Waals surface area contributed by atoms with Crippen molar-refractivity contribution in [3.8, 4) is 0 Å². The number of nitrogens with zero attached hydrogens (tertiary/aromatic N) is 2. The molecular weight excluding hydrogens is 202 g/mol. The Morgan fingerprint density at radius 3 is 2.88 bits per heavy atom. The van der Waals surface area contributed by atoms with E-state index >= 15 is 0 Å². The highest BCUT2D eigenvalue weighted by Crippen LogP contribution is 2.41. The highest BCUT2D eigenvalue weighted by atomic mass is 16.5. The smallest absolute Gasteiger partial charge is 0.246 e. The van der Waals surface area contributed by atoms with Gasteiger partial charge in [-0.15, -0.1) is 0 Å². The van der Waals surface area contributed by atoms with Crippen molar-refractivity contribution in [2.45, 2.75) is 56.9 Å². The van der Waals surface area contributed by atoms with E-state index in [2.05, 4.69) is 17.1 Å². The van der Waals surface area contributed by atoms with Crippen molar-refractivity contribution in [1.82, 2.24) is 10.1 Å². The molecular formula is C12H19N3O. The molecule has 0 saturated heterocycles. The van der Waals surface area contributed by atoms with Gasteiger partial charge in [0.15, 0.2) is 5.82 Å². The van der Waals surface area contributed by atoms with Crippen LogP contribution in [0.25, 0.3) is 0 Å². The van der Waals surface area contributed by atoms with Crippen LogP contribution in [0.15, 0.2) is 4.52 Å². The molecule has 16 heavy (non-hydrogen) atoms. The Morgan fingerprint density at radius 2 is 2.19 bits per heavy atom. The third-order valence-corrected chi connectivity index (χ3v) is 3.84. The third kappa shape index (κ3) is 1.75. The van der Waals surface area contributed by atoms with E-state index in [4.69, 9.17) is 10.3 Å². The molecule has 2 aliphatic rings. The SMILES string of the molecule is CC1CCCC(N)(c2nc(C3CC3)no2)C1. The maximum atomic E-state index is 6.41. The average Bonchev–Trinajstić information content (AvgIpc) is 2.95. The fourth-order valence-electron chi connectivity index (χ4n) is 2.73. The molecule has 0 amide bonds. The predicted molar refractivity (Wildman–Crippen MR) is 59.8 cm³/mol. The highest BCUT2D eigenvalue weighted by molar-refractivity contribution is 5.09. The summed E-state index contributed by atoms with van der Waals surface area (Å²) in [6.45, 7) is 2.25. The summed E-state index contributed by atoms with van der Waals surface area (Å²) in [6.07, 6.45) is 6.78. The zero-order valence-corrected chi connectivity index (χ0v) is 9.78. The molecule has 0 aromatic carbocycles. The first-order chi connectivity index (χ1) is 7.67. The van der Waals surface area contributed by atoms with E-state index in [-0.39, 0.29) is 5.54 Å². The average molecular weight is 221 g/mol. The molecule has 2 fully saturated rings. The minimum Gasteiger partial charge on any atom is -0.337 e. The van der Waals surface area contributed by atoms with Crippen LogP contribution in [0.4, 0.5) is 0 Å². The highest BCUT2D eigenvalue weighted by Gasteiger charge is 2.39. The van der Waals surface area contributed by atoms with Crippen LogP contribution in [-0.4, -0.2) is 10.1 Å². The van der Waals surface area contributed by atoms with Crippen LogP contribution >= 0.6 is 0 Å². The van der Waals surface area contributed by atoms with Crippen LogP contribution in [0.3, 0.4) is 0 Å². The molecule has 0 radical (unpaired) electrons. The van der Waals surface area contributed by atoms with Crippen molar-refractivity contribution in [2.24, 2.45) is 11.7 Å². The van der Waals surface area contributed by atoms with Crippen LogP contribution in [0.1, 0.15) is 63.1 Å². The van der Waals surface area contributed by atoms with Gasteiger partial charge in [0.1, 0.15) is 0 Å². The molecule has 2 N–H and O–H groups in total. The van der Waals surface area contributed by atoms with Crippen LogP contribution in [0.5, 0.6) is 0 Å². The zero-order valence-electron chi connectivity index (χ0n) is 9.78. The van der Waals surface area contributed by atoms with Gasteiger partial charge >= 0.3 is 0 Å². The summed E-state index contributed by atoms with van der Waals surface area (Å²) in [5.74, 6) is 2.75. The molecule has 4 nitrogen and oxygen atoms in total. The van der Waals surface area contributed by atoms with E-state index in [1.54, 1.807) is 0 Å². The molecule has 4 heteroatoms. The summed E-state index contributed by atoms with van der Waals surface area (Å²) in [6, 6.07) is 0. The lowest BCUT2D eigenvalue weighted by atomic mass is 9.77. The first kappa shape index (κ1) is 10.3. The minimum atomic E-state index is -0.363. The van der Waals surface area contributed by atoms with Gasteiger partial charge in [0.05, 0.1) is 5.54 Å². The maximum Gasteiger partial charge on any atom is 0.246 e. The van der Waals surface area contributed by atoms with E-state index in [1.165, 1.54) is 25.7 Å². The Labute approximate surface area is 95.6 Å². The lowest BCUT2D eigenvalue weighted by Gasteiger charge is -2.33. The monoisotopic (exact) mass is 221 g/mol. The molecule has 1 heterocycles. The van der Waals surface area contributed by atoms with E-state index < -0.39 is 0 Å². The maximum absolute atomic E-state index is 6.41. The van der Waals surface area contributed by atoms with E-state index in [9.17, 15) is 0 Å². The summed E-state index contributed by atoms with van der Waals surface area (Å²) >= 11 is 0. The number of nitrogens with two attached hydrogens (primary N) is 1. The topological polar surface area (TPSA) is 64.9 Å². The summed E-state index contributed by atoms with van der Waals surface area (Å²) < 4.78 is 5.37. The third-order valence-electron chi connectivity index (χ3n) is 3.84. The van der Waals surface area contributed by atoms with Crippen LogP contribution in [0, 0.1) is 5.92 Å². The van der Waals surface area contributed by atoms with Gasteiger partial charge in [0.2, 0.25) is 5.89 Å². The minimum absolute atomic E-state index is 0.363. The summed E-state index contributed by atoms with van der Waals surface area (Å²) in [5.41, 5.74) is 6.05. The molecule has 2 saturated carbocycles. The van der Waals surface area contributed by atoms with E-state index in [1.807, 2.05) is 0 Å². The second kappa shape index (κ2) is 3.55. The fourth-order valence-corrected chi connectivity index (χ4v) is 2.73. The second-order valence-corrected chi connectivity index (χ2v) is 5.59. The van der Waals surface area contributed by atoms with Gasteiger partial charge in [0, 0.05) is 5.92 Å². The van der Waals surface area contributed by atoms with Crippen molar-refractivity contribution >= 4 is 0 Å². The quantitative estimate of drug-likeness (QED) is 0.832. The Hall–Kier alpha value is -0.900. The van der Waals surface area contributed by atoms with Gasteiger partial charge in [-0.25, -0.2) is 0 Å². The van der Waals surface area contributed by atoms with Crippen molar-refractivity contribution in [3.63, 3.8) is 0 Å². The number of rotatable bonds is 2. The molecule has 0 aliphatic heterocycles. The van der Waals surface area contributed by atoms with Crippen LogP contribution < -0.4 is 5.73 Å². The van der Waals surface area contributed by atoms with E-state index in [0.717, 1.165) is 18.7 Å². The predicted octanol–water partition coefficient (Wildman–Crippen LogP) is 2.31. The standard InChI is InChI=1S/C12H19N3O/c1-8-3-2-6-12(13,7-8)11-14-10(15-16-11)9-4-5-9/h8-9H,2-7,13H2,1H3. The molecule has 0 spiro atoms. The number of aromatic nitrogens is 2. The summed E-state index contributed by atoms with van der Waals surface area (Å²) in [7, 11) is 0. The Kier molecular flexibility index (Phi) is 2.28. The lowest BCUT2D eigenvalue weighted by Crippen LogP contribution is -2.41. The van der Waals surface area contributed by atoms with Gasteiger partial charge in [-0.1, -0.05) is 24.9 Å². The normalized spacial score (nSPS) is 35.2. The molecule has 1 aromatic rings. The summed E-state index contributed by atoms with van der Waals surface area (Å²) in [5, 5.41) is 4.06. The zero-order chi connectivity index (χ0) is 11.2. The van der Waals surface area contributed by atoms with Crippen LogP contribution in [0.2, 0.25) is 0 Å². The Balaban J connectivity index is 1.82. The fraction of sp³-hybridized carbons (Fsp3) is 0.833. The van der Waals surface area contributed by atoms with Gasteiger partial charge in [-0.05, 0) is 31.6 Å². The van der Waals surface area contributed by atoms with E-state index in [0.29, 0.717) is 17.7 Å². The molecule has 1 aromatic heterocycles. The number of hydrogen-bond donors (Lipinski definition) is 1. The van der Waals surface area contributed by atoms with Crippen molar-refractivity contribution < 1.29 is 4.52 Å². The number of hydrogen-bond acceptors (Lipinski definition) is 4. The van der Waals surface area contributed by atoms with Crippen LogP contribution in [-0.2, 0) is 5.54 Å². The van der Waals surface area contributed by atoms with Gasteiger partial charge in [-0.3, -0.25) is 0 Å². The van der Waals surface area contributed by atoms with Crippen molar-refractivity contribution in [1.29, 1.82) is 0 Å². The molecule has 2 aliphatic carbocycles. The molecule has 0 bridgehead atoms. The lowest BCUT2D eigenvalue weighted by molar-refractivity contribution is 0.183. The van der Waals surface area contributed by atoms with Gasteiger partial charge < -0.3 is 10.3 Å². The second-order valence-electron chi connectivity index (χ2n) is 5.59. The molecule has 3 rings (SSSR count). The van der Waals surface area contributed by atoms with Gasteiger partial charge in [-0.2, -0.15) is 4.98 Å². The Bertz CT molecular complexity index is 385. The van der Waals surface area contributed by atoms with Gasteiger partial charge in [0.25, 0.3) is 0 Å². The van der Waals surface area contributed by atoms with Crippen molar-refractivity contribution in [3.05, 3.63) is 11.7 Å². The largest absolute Gasteiger partial charge is 0.337 e. The first-order valence-corrected chi connectivity index (χ1v) is 6.30. The molecule has 88 valence electrons. The molecule has 2 atom stereocenters.